The summed E-state index contributed by atoms with van der Waals surface area (Å²) in [4.78, 5) is 24.1. The zero-order valence-electron chi connectivity index (χ0n) is 14.8. The van der Waals surface area contributed by atoms with Gasteiger partial charge in [0.25, 0.3) is 5.91 Å². The SMILES string of the molecule is O=C(NCc1ccccc1)c1nc2cc3c(-c4ccncc4)n[nH]c3cc2[nH]1. The molecule has 3 heterocycles. The molecule has 3 N–H and O–H groups in total. The van der Waals surface area contributed by atoms with E-state index in [0.29, 0.717) is 12.1 Å². The van der Waals surface area contributed by atoms with Gasteiger partial charge in [-0.25, -0.2) is 4.98 Å². The first-order valence-electron chi connectivity index (χ1n) is 8.88. The standard InChI is InChI=1S/C21H16N6O/c28-21(23-12-13-4-2-1-3-5-13)20-24-17-10-15-16(11-18(17)25-20)26-27-19(15)14-6-8-22-9-7-14/h1-11H,12H2,(H,23,28)(H,24,25)(H,26,27). The molecule has 5 rings (SSSR count). The summed E-state index contributed by atoms with van der Waals surface area (Å²) >= 11 is 0. The maximum absolute atomic E-state index is 12.5. The van der Waals surface area contributed by atoms with Gasteiger partial charge in [-0.15, -0.1) is 0 Å². The van der Waals surface area contributed by atoms with Gasteiger partial charge in [0, 0.05) is 29.9 Å². The van der Waals surface area contributed by atoms with Crippen LogP contribution in [0.15, 0.2) is 67.0 Å². The number of aromatic nitrogens is 5. The van der Waals surface area contributed by atoms with E-state index >= 15 is 0 Å². The zero-order valence-corrected chi connectivity index (χ0v) is 14.8. The van der Waals surface area contributed by atoms with Gasteiger partial charge in [0.15, 0.2) is 5.82 Å². The summed E-state index contributed by atoms with van der Waals surface area (Å²) in [6, 6.07) is 17.4. The van der Waals surface area contributed by atoms with Crippen LogP contribution >= 0.6 is 0 Å². The highest BCUT2D eigenvalue weighted by Gasteiger charge is 2.14. The summed E-state index contributed by atoms with van der Waals surface area (Å²) < 4.78 is 0. The van der Waals surface area contributed by atoms with E-state index in [9.17, 15) is 4.79 Å². The second-order valence-corrected chi connectivity index (χ2v) is 6.48. The lowest BCUT2D eigenvalue weighted by molar-refractivity contribution is 0.0942. The number of pyridine rings is 1. The van der Waals surface area contributed by atoms with E-state index in [1.165, 1.54) is 0 Å². The topological polar surface area (TPSA) is 99.3 Å². The van der Waals surface area contributed by atoms with Crippen LogP contribution in [0, 0.1) is 0 Å². The van der Waals surface area contributed by atoms with Gasteiger partial charge in [-0.2, -0.15) is 5.10 Å². The van der Waals surface area contributed by atoms with Crippen LogP contribution in [0.2, 0.25) is 0 Å². The Bertz CT molecular complexity index is 1270. The van der Waals surface area contributed by atoms with Crippen molar-refractivity contribution in [2.75, 3.05) is 0 Å². The van der Waals surface area contributed by atoms with Crippen molar-refractivity contribution in [3.8, 4) is 11.3 Å². The number of nitrogens with one attached hydrogen (secondary N) is 3. The summed E-state index contributed by atoms with van der Waals surface area (Å²) in [6.07, 6.45) is 3.47. The Morgan fingerprint density at radius 2 is 1.82 bits per heavy atom. The molecule has 0 saturated carbocycles. The molecular weight excluding hydrogens is 352 g/mol. The number of hydrogen-bond donors (Lipinski definition) is 3. The van der Waals surface area contributed by atoms with Gasteiger partial charge in [-0.1, -0.05) is 30.3 Å². The number of fused-ring (bicyclic) bond motifs is 2. The van der Waals surface area contributed by atoms with Crippen LogP contribution in [0.1, 0.15) is 16.2 Å². The molecule has 0 spiro atoms. The number of imidazole rings is 1. The van der Waals surface area contributed by atoms with E-state index in [-0.39, 0.29) is 11.7 Å². The second-order valence-electron chi connectivity index (χ2n) is 6.48. The summed E-state index contributed by atoms with van der Waals surface area (Å²) in [5.41, 5.74) is 5.21. The monoisotopic (exact) mass is 368 g/mol. The molecule has 2 aromatic carbocycles. The normalized spacial score (nSPS) is 11.1. The molecule has 0 atom stereocenters. The fourth-order valence-corrected chi connectivity index (χ4v) is 3.22. The van der Waals surface area contributed by atoms with Crippen molar-refractivity contribution in [1.29, 1.82) is 0 Å². The number of carbonyl (C=O) groups is 1. The van der Waals surface area contributed by atoms with E-state index < -0.39 is 0 Å². The minimum atomic E-state index is -0.240. The average molecular weight is 368 g/mol. The highest BCUT2D eigenvalue weighted by atomic mass is 16.2. The van der Waals surface area contributed by atoms with E-state index in [1.54, 1.807) is 12.4 Å². The van der Waals surface area contributed by atoms with Crippen LogP contribution in [-0.4, -0.2) is 31.1 Å². The van der Waals surface area contributed by atoms with E-state index in [2.05, 4.69) is 30.5 Å². The van der Waals surface area contributed by atoms with Crippen LogP contribution in [0.25, 0.3) is 33.2 Å². The molecule has 28 heavy (non-hydrogen) atoms. The van der Waals surface area contributed by atoms with Gasteiger partial charge in [-0.3, -0.25) is 14.9 Å². The molecule has 0 radical (unpaired) electrons. The Labute approximate surface area is 159 Å². The second kappa shape index (κ2) is 6.62. The van der Waals surface area contributed by atoms with Crippen molar-refractivity contribution in [1.82, 2.24) is 30.5 Å². The maximum atomic E-state index is 12.5. The van der Waals surface area contributed by atoms with E-state index in [4.69, 9.17) is 0 Å². The Morgan fingerprint density at radius 1 is 1.00 bits per heavy atom. The number of carbonyl (C=O) groups excluding carboxylic acids is 1. The van der Waals surface area contributed by atoms with Crippen molar-refractivity contribution < 1.29 is 4.79 Å². The number of amides is 1. The third-order valence-electron chi connectivity index (χ3n) is 4.63. The summed E-state index contributed by atoms with van der Waals surface area (Å²) in [7, 11) is 0. The predicted molar refractivity (Wildman–Crippen MR) is 107 cm³/mol. The molecule has 0 unspecified atom stereocenters. The van der Waals surface area contributed by atoms with Crippen molar-refractivity contribution in [3.05, 3.63) is 78.4 Å². The van der Waals surface area contributed by atoms with Crippen LogP contribution in [0.5, 0.6) is 0 Å². The minimum absolute atomic E-state index is 0.240. The molecule has 0 aliphatic carbocycles. The van der Waals surface area contributed by atoms with Gasteiger partial charge >= 0.3 is 0 Å². The molecule has 0 aliphatic heterocycles. The molecule has 0 fully saturated rings. The Hall–Kier alpha value is -4.00. The number of nitrogens with zero attached hydrogens (tertiary/aromatic N) is 3. The van der Waals surface area contributed by atoms with E-state index in [0.717, 1.165) is 33.2 Å². The molecule has 3 aromatic heterocycles. The first-order chi connectivity index (χ1) is 13.8. The Kier molecular flexibility index (Phi) is 3.83. The molecule has 136 valence electrons. The molecule has 1 amide bonds. The summed E-state index contributed by atoms with van der Waals surface area (Å²) in [5, 5.41) is 11.3. The lowest BCUT2D eigenvalue weighted by Gasteiger charge is -2.02. The van der Waals surface area contributed by atoms with Crippen LogP contribution in [0.3, 0.4) is 0 Å². The first kappa shape index (κ1) is 16.2. The minimum Gasteiger partial charge on any atom is -0.345 e. The van der Waals surface area contributed by atoms with Crippen molar-refractivity contribution >= 4 is 27.8 Å². The third kappa shape index (κ3) is 2.88. The van der Waals surface area contributed by atoms with Gasteiger partial charge in [-0.05, 0) is 29.8 Å². The molecule has 7 nitrogen and oxygen atoms in total. The number of aromatic amines is 2. The molecule has 0 saturated heterocycles. The smallest absolute Gasteiger partial charge is 0.287 e. The molecular formula is C21H16N6O. The Morgan fingerprint density at radius 3 is 2.64 bits per heavy atom. The molecule has 5 aromatic rings. The average Bonchev–Trinajstić information content (AvgIpc) is 3.35. The first-order valence-corrected chi connectivity index (χ1v) is 8.88. The van der Waals surface area contributed by atoms with Gasteiger partial charge in [0.05, 0.1) is 16.6 Å². The van der Waals surface area contributed by atoms with Gasteiger partial charge in [0.2, 0.25) is 0 Å². The van der Waals surface area contributed by atoms with Crippen LogP contribution in [0.4, 0.5) is 0 Å². The highest BCUT2D eigenvalue weighted by molar-refractivity contribution is 6.02. The van der Waals surface area contributed by atoms with Gasteiger partial charge < -0.3 is 10.3 Å². The van der Waals surface area contributed by atoms with Crippen molar-refractivity contribution in [2.24, 2.45) is 0 Å². The molecule has 0 bridgehead atoms. The summed E-state index contributed by atoms with van der Waals surface area (Å²) in [6.45, 7) is 0.452. The van der Waals surface area contributed by atoms with Crippen LogP contribution < -0.4 is 5.32 Å². The highest BCUT2D eigenvalue weighted by Crippen LogP contribution is 2.28. The summed E-state index contributed by atoms with van der Waals surface area (Å²) in [5.74, 6) is 0.0493. The third-order valence-corrected chi connectivity index (χ3v) is 4.63. The fourth-order valence-electron chi connectivity index (χ4n) is 3.22. The molecule has 7 heteroatoms. The lowest BCUT2D eigenvalue weighted by atomic mass is 10.1. The number of H-pyrrole nitrogens is 2. The number of rotatable bonds is 4. The largest absolute Gasteiger partial charge is 0.345 e. The fraction of sp³-hybridized carbons (Fsp3) is 0.0476. The lowest BCUT2D eigenvalue weighted by Crippen LogP contribution is -2.23. The van der Waals surface area contributed by atoms with Gasteiger partial charge in [0.1, 0.15) is 5.69 Å². The maximum Gasteiger partial charge on any atom is 0.287 e. The number of hydrogen-bond acceptors (Lipinski definition) is 4. The molecule has 0 aliphatic rings. The van der Waals surface area contributed by atoms with Crippen molar-refractivity contribution in [3.63, 3.8) is 0 Å². The van der Waals surface area contributed by atoms with Crippen molar-refractivity contribution in [2.45, 2.75) is 6.54 Å². The quantitative estimate of drug-likeness (QED) is 0.452. The zero-order chi connectivity index (χ0) is 18.9. The van der Waals surface area contributed by atoms with Crippen LogP contribution in [-0.2, 0) is 6.54 Å². The van der Waals surface area contributed by atoms with E-state index in [1.807, 2.05) is 54.6 Å². The predicted octanol–water partition coefficient (Wildman–Crippen LogP) is 3.43. The Balaban J connectivity index is 1.46. The number of benzene rings is 2.